The first-order valence-corrected chi connectivity index (χ1v) is 7.28. The van der Waals surface area contributed by atoms with Crippen LogP contribution < -0.4 is 34.7 Å². The van der Waals surface area contributed by atoms with Crippen LogP contribution in [0.3, 0.4) is 0 Å². The van der Waals surface area contributed by atoms with E-state index < -0.39 is 11.8 Å². The number of aromatic hydroxyl groups is 1. The summed E-state index contributed by atoms with van der Waals surface area (Å²) in [6, 6.07) is 11.1. The minimum atomic E-state index is -1.13. The van der Waals surface area contributed by atoms with Crippen molar-refractivity contribution in [1.82, 2.24) is 0 Å². The number of carboxylic acids is 1. The number of aryl methyl sites for hydroxylation is 1. The molecule has 1 N–H and O–H groups in total. The van der Waals surface area contributed by atoms with Crippen molar-refractivity contribution in [3.8, 4) is 5.75 Å². The van der Waals surface area contributed by atoms with Gasteiger partial charge in [-0.25, -0.2) is 4.39 Å². The number of nitrogens with zero attached hydrogens (tertiary/aromatic N) is 1. The Morgan fingerprint density at radius 1 is 1.21 bits per heavy atom. The van der Waals surface area contributed by atoms with Crippen molar-refractivity contribution < 1.29 is 49.0 Å². The van der Waals surface area contributed by atoms with Gasteiger partial charge in [0, 0.05) is 23.6 Å². The molecular weight excluding hydrogens is 320 g/mol. The van der Waals surface area contributed by atoms with E-state index in [0.717, 1.165) is 11.1 Å². The fourth-order valence-corrected chi connectivity index (χ4v) is 2.27. The van der Waals surface area contributed by atoms with Crippen molar-refractivity contribution in [2.24, 2.45) is 4.99 Å². The number of rotatable bonds is 6. The summed E-state index contributed by atoms with van der Waals surface area (Å²) in [6.07, 6.45) is 0.216. The van der Waals surface area contributed by atoms with E-state index in [1.165, 1.54) is 18.2 Å². The van der Waals surface area contributed by atoms with Crippen molar-refractivity contribution in [3.63, 3.8) is 0 Å². The van der Waals surface area contributed by atoms with E-state index in [-0.39, 0.29) is 53.8 Å². The van der Waals surface area contributed by atoms with Gasteiger partial charge in [-0.3, -0.25) is 4.99 Å². The number of aliphatic carboxylic acids is 1. The maximum atomic E-state index is 13.6. The van der Waals surface area contributed by atoms with E-state index in [2.05, 4.69) is 4.99 Å². The summed E-state index contributed by atoms with van der Waals surface area (Å²) in [5, 5.41) is 20.5. The first-order valence-electron chi connectivity index (χ1n) is 7.28. The topological polar surface area (TPSA) is 72.7 Å². The van der Waals surface area contributed by atoms with Crippen molar-refractivity contribution in [2.75, 3.05) is 6.54 Å². The monoisotopic (exact) mass is 337 g/mol. The molecule has 0 fully saturated rings. The van der Waals surface area contributed by atoms with Crippen LogP contribution in [0.2, 0.25) is 0 Å². The first kappa shape index (κ1) is 20.4. The minimum Gasteiger partial charge on any atom is -0.550 e. The van der Waals surface area contributed by atoms with Crippen molar-refractivity contribution >= 4 is 11.7 Å². The second-order valence-corrected chi connectivity index (χ2v) is 5.18. The molecule has 4 nitrogen and oxygen atoms in total. The Morgan fingerprint density at radius 3 is 2.58 bits per heavy atom. The number of carbonyl (C=O) groups is 1. The molecule has 0 spiro atoms. The molecule has 2 aromatic carbocycles. The smallest absolute Gasteiger partial charge is 0.550 e. The van der Waals surface area contributed by atoms with Gasteiger partial charge in [0.25, 0.3) is 0 Å². The quantitative estimate of drug-likeness (QED) is 0.427. The predicted molar refractivity (Wildman–Crippen MR) is 84.0 cm³/mol. The van der Waals surface area contributed by atoms with E-state index in [4.69, 9.17) is 0 Å². The predicted octanol–water partition coefficient (Wildman–Crippen LogP) is -0.789. The van der Waals surface area contributed by atoms with Crippen LogP contribution in [0.15, 0.2) is 47.5 Å². The van der Waals surface area contributed by atoms with Crippen LogP contribution in [0, 0.1) is 12.7 Å². The molecule has 0 aliphatic carbocycles. The summed E-state index contributed by atoms with van der Waals surface area (Å²) >= 11 is 0. The second kappa shape index (κ2) is 9.57. The number of aliphatic imine (C=N–C) groups is 1. The standard InChI is InChI=1S/C18H18FNO3.Na/c1-12-5-2-3-6-14(12)18(20-10-4-7-17(22)23)15-11-13(19)8-9-16(15)21;/h2-3,5-6,8-9,11,21H,4,7,10H2,1H3,(H,22,23);/q;+1/p-1. The maximum absolute atomic E-state index is 13.6. The SMILES string of the molecule is Cc1ccccc1C(=NCCCC(=O)[O-])c1cc(F)ccc1O.[Na+]. The van der Waals surface area contributed by atoms with Crippen LogP contribution in [0.25, 0.3) is 0 Å². The van der Waals surface area contributed by atoms with Crippen LogP contribution in [0.5, 0.6) is 5.75 Å². The largest absolute Gasteiger partial charge is 1.00 e. The molecule has 0 saturated carbocycles. The van der Waals surface area contributed by atoms with Crippen LogP contribution in [0.4, 0.5) is 4.39 Å². The van der Waals surface area contributed by atoms with Gasteiger partial charge in [-0.2, -0.15) is 0 Å². The van der Waals surface area contributed by atoms with Crippen molar-refractivity contribution in [2.45, 2.75) is 19.8 Å². The second-order valence-electron chi connectivity index (χ2n) is 5.18. The Balaban J connectivity index is 0.00000288. The number of phenols is 1. The van der Waals surface area contributed by atoms with Gasteiger partial charge >= 0.3 is 29.6 Å². The van der Waals surface area contributed by atoms with Crippen molar-refractivity contribution in [1.29, 1.82) is 0 Å². The molecule has 0 bridgehead atoms. The van der Waals surface area contributed by atoms with Gasteiger partial charge in [0.05, 0.1) is 5.71 Å². The summed E-state index contributed by atoms with van der Waals surface area (Å²) in [5.41, 5.74) is 2.42. The minimum absolute atomic E-state index is 0. The van der Waals surface area contributed by atoms with Gasteiger partial charge in [0.1, 0.15) is 11.6 Å². The molecule has 2 rings (SSSR count). The maximum Gasteiger partial charge on any atom is 1.00 e. The molecule has 24 heavy (non-hydrogen) atoms. The molecule has 0 radical (unpaired) electrons. The summed E-state index contributed by atoms with van der Waals surface area (Å²) in [6.45, 7) is 2.13. The van der Waals surface area contributed by atoms with Crippen molar-refractivity contribution in [3.05, 3.63) is 65.0 Å². The van der Waals surface area contributed by atoms with E-state index >= 15 is 0 Å². The van der Waals surface area contributed by atoms with Gasteiger partial charge < -0.3 is 15.0 Å². The third-order valence-corrected chi connectivity index (χ3v) is 3.42. The average Bonchev–Trinajstić information content (AvgIpc) is 2.51. The number of benzene rings is 2. The Hall–Kier alpha value is -1.69. The Labute approximate surface area is 162 Å². The molecule has 6 heteroatoms. The van der Waals surface area contributed by atoms with E-state index in [1.54, 1.807) is 0 Å². The third-order valence-electron chi connectivity index (χ3n) is 3.42. The number of hydrogen-bond donors (Lipinski definition) is 1. The van der Waals surface area contributed by atoms with Crippen LogP contribution in [-0.4, -0.2) is 23.3 Å². The Kier molecular flexibility index (Phi) is 8.11. The number of halogens is 1. The van der Waals surface area contributed by atoms with Gasteiger partial charge in [-0.05, 0) is 43.5 Å². The fourth-order valence-electron chi connectivity index (χ4n) is 2.27. The van der Waals surface area contributed by atoms with Gasteiger partial charge in [0.15, 0.2) is 0 Å². The molecule has 0 heterocycles. The van der Waals surface area contributed by atoms with Gasteiger partial charge in [0.2, 0.25) is 0 Å². The number of hydrogen-bond acceptors (Lipinski definition) is 4. The van der Waals surface area contributed by atoms with E-state index in [1.807, 2.05) is 31.2 Å². The zero-order valence-corrected chi connectivity index (χ0v) is 15.8. The molecule has 0 aromatic heterocycles. The van der Waals surface area contributed by atoms with Crippen LogP contribution >= 0.6 is 0 Å². The summed E-state index contributed by atoms with van der Waals surface area (Å²) in [4.78, 5) is 14.9. The molecule has 0 aliphatic rings. The normalized spacial score (nSPS) is 11.0. The summed E-state index contributed by atoms with van der Waals surface area (Å²) < 4.78 is 13.6. The van der Waals surface area contributed by atoms with Crippen LogP contribution in [0.1, 0.15) is 29.5 Å². The zero-order valence-electron chi connectivity index (χ0n) is 13.8. The first-order chi connectivity index (χ1) is 11.0. The molecule has 120 valence electrons. The van der Waals surface area contributed by atoms with E-state index in [9.17, 15) is 19.4 Å². The molecule has 0 atom stereocenters. The number of phenolic OH excluding ortho intramolecular Hbond substituents is 1. The zero-order chi connectivity index (χ0) is 16.8. The summed E-state index contributed by atoms with van der Waals surface area (Å²) in [5.74, 6) is -1.69. The molecule has 0 saturated heterocycles. The Morgan fingerprint density at radius 2 is 1.92 bits per heavy atom. The molecule has 0 amide bonds. The molecule has 0 unspecified atom stereocenters. The Bertz CT molecular complexity index is 747. The molecule has 2 aromatic rings. The number of carboxylic acid groups (broad SMARTS) is 1. The third kappa shape index (κ3) is 5.44. The molecule has 0 aliphatic heterocycles. The van der Waals surface area contributed by atoms with Gasteiger partial charge in [-0.15, -0.1) is 0 Å². The van der Waals surface area contributed by atoms with Crippen LogP contribution in [-0.2, 0) is 4.79 Å². The van der Waals surface area contributed by atoms with E-state index in [0.29, 0.717) is 12.1 Å². The number of carbonyl (C=O) groups excluding carboxylic acids is 1. The van der Waals surface area contributed by atoms with Gasteiger partial charge in [-0.1, -0.05) is 24.3 Å². The average molecular weight is 337 g/mol. The fraction of sp³-hybridized carbons (Fsp3) is 0.222. The molecular formula is C18H17FNNaO3. The summed E-state index contributed by atoms with van der Waals surface area (Å²) in [7, 11) is 0.